The van der Waals surface area contributed by atoms with Crippen LogP contribution in [0.4, 0.5) is 13.2 Å². The summed E-state index contributed by atoms with van der Waals surface area (Å²) in [5.74, 6) is 1.33. The molecule has 5 aromatic rings. The summed E-state index contributed by atoms with van der Waals surface area (Å²) in [5.41, 5.74) is 3.89. The molecule has 200 valence electrons. The number of aromatic nitrogens is 7. The first-order chi connectivity index (χ1) is 18.9. The molecule has 39 heavy (non-hydrogen) atoms. The molecule has 1 fully saturated rings. The molecule has 3 heterocycles. The number of rotatable bonds is 6. The summed E-state index contributed by atoms with van der Waals surface area (Å²) in [6.45, 7) is -0.0878. The molecular weight excluding hydrogens is 531 g/mol. The minimum Gasteiger partial charge on any atom is -0.489 e. The van der Waals surface area contributed by atoms with Crippen molar-refractivity contribution in [2.75, 3.05) is 0 Å². The van der Waals surface area contributed by atoms with Gasteiger partial charge >= 0.3 is 6.18 Å². The Bertz CT molecular complexity index is 1590. The zero-order valence-corrected chi connectivity index (χ0v) is 21.4. The molecule has 0 radical (unpaired) electrons. The lowest BCUT2D eigenvalue weighted by Gasteiger charge is -2.25. The number of H-pyrrole nitrogens is 1. The van der Waals surface area contributed by atoms with Crippen LogP contribution in [0.2, 0.25) is 5.02 Å². The van der Waals surface area contributed by atoms with Gasteiger partial charge in [-0.15, -0.1) is 5.10 Å². The van der Waals surface area contributed by atoms with Crippen molar-refractivity contribution >= 4 is 17.2 Å². The number of hydrogen-bond donors (Lipinski definition) is 1. The van der Waals surface area contributed by atoms with Gasteiger partial charge < -0.3 is 4.74 Å². The van der Waals surface area contributed by atoms with Crippen LogP contribution in [0, 0.1) is 0 Å². The smallest absolute Gasteiger partial charge is 0.416 e. The molecule has 0 bridgehead atoms. The van der Waals surface area contributed by atoms with E-state index in [1.165, 1.54) is 12.5 Å². The van der Waals surface area contributed by atoms with Gasteiger partial charge in [-0.3, -0.25) is 0 Å². The Morgan fingerprint density at radius 2 is 1.79 bits per heavy atom. The molecule has 1 saturated carbocycles. The first kappa shape index (κ1) is 25.3. The number of nitrogens with one attached hydrogen (secondary N) is 1. The van der Waals surface area contributed by atoms with Crippen LogP contribution in [0.5, 0.6) is 5.75 Å². The number of hydrogen-bond acceptors (Lipinski definition) is 6. The first-order valence-electron chi connectivity index (χ1n) is 12.6. The van der Waals surface area contributed by atoms with E-state index >= 15 is 0 Å². The number of aromatic amines is 1. The van der Waals surface area contributed by atoms with Crippen LogP contribution in [0.3, 0.4) is 0 Å². The van der Waals surface area contributed by atoms with Gasteiger partial charge in [-0.25, -0.2) is 14.6 Å². The van der Waals surface area contributed by atoms with E-state index in [1.807, 2.05) is 22.8 Å². The number of tetrazole rings is 1. The van der Waals surface area contributed by atoms with Crippen molar-refractivity contribution in [3.8, 4) is 28.3 Å². The van der Waals surface area contributed by atoms with Crippen LogP contribution in [0.15, 0.2) is 54.9 Å². The van der Waals surface area contributed by atoms with E-state index < -0.39 is 11.7 Å². The lowest BCUT2D eigenvalue weighted by molar-refractivity contribution is -0.137. The van der Waals surface area contributed by atoms with Crippen molar-refractivity contribution in [3.05, 3.63) is 76.7 Å². The van der Waals surface area contributed by atoms with Gasteiger partial charge in [0.2, 0.25) is 0 Å². The minimum atomic E-state index is -4.45. The van der Waals surface area contributed by atoms with Crippen LogP contribution >= 0.6 is 11.6 Å². The second-order valence-corrected chi connectivity index (χ2v) is 9.96. The fraction of sp³-hybridized carbons (Fsp3) is 0.296. The molecule has 1 aliphatic rings. The normalized spacial score (nSPS) is 14.7. The van der Waals surface area contributed by atoms with Gasteiger partial charge in [0.1, 0.15) is 12.4 Å². The molecule has 8 nitrogen and oxygen atoms in total. The summed E-state index contributed by atoms with van der Waals surface area (Å²) in [4.78, 5) is 4.71. The fourth-order valence-corrected chi connectivity index (χ4v) is 5.31. The van der Waals surface area contributed by atoms with Crippen molar-refractivity contribution in [3.63, 3.8) is 0 Å². The summed E-state index contributed by atoms with van der Waals surface area (Å²) in [7, 11) is 0. The van der Waals surface area contributed by atoms with E-state index in [4.69, 9.17) is 21.3 Å². The fourth-order valence-electron chi connectivity index (χ4n) is 5.13. The van der Waals surface area contributed by atoms with Gasteiger partial charge in [0.25, 0.3) is 0 Å². The summed E-state index contributed by atoms with van der Waals surface area (Å²) >= 11 is 6.12. The zero-order chi connectivity index (χ0) is 27.0. The zero-order valence-electron chi connectivity index (χ0n) is 20.6. The van der Waals surface area contributed by atoms with E-state index in [-0.39, 0.29) is 17.2 Å². The summed E-state index contributed by atoms with van der Waals surface area (Å²) in [6.07, 6.45) is 4.76. The number of halogens is 4. The molecular formula is C27H23ClF3N7O. The average Bonchev–Trinajstić information content (AvgIpc) is 3.62. The van der Waals surface area contributed by atoms with Gasteiger partial charge in [0, 0.05) is 28.3 Å². The van der Waals surface area contributed by atoms with Gasteiger partial charge in [-0.05, 0) is 59.2 Å². The van der Waals surface area contributed by atoms with Crippen LogP contribution in [-0.4, -0.2) is 35.2 Å². The highest BCUT2D eigenvalue weighted by atomic mass is 35.5. The first-order valence-corrected chi connectivity index (χ1v) is 13.0. The number of ether oxygens (including phenoxy) is 1. The van der Waals surface area contributed by atoms with Gasteiger partial charge in [-0.1, -0.05) is 43.0 Å². The third-order valence-electron chi connectivity index (χ3n) is 7.09. The molecule has 0 saturated heterocycles. The van der Waals surface area contributed by atoms with Crippen LogP contribution in [-0.2, 0) is 12.8 Å². The Labute approximate surface area is 226 Å². The summed E-state index contributed by atoms with van der Waals surface area (Å²) in [5, 5.41) is 19.0. The maximum atomic E-state index is 13.1. The highest BCUT2D eigenvalue weighted by Gasteiger charge is 2.31. The number of benzene rings is 2. The lowest BCUT2D eigenvalue weighted by atomic mass is 9.84. The maximum absolute atomic E-state index is 13.1. The number of nitrogens with zero attached hydrogens (tertiary/aromatic N) is 6. The SMILES string of the molecule is FC(F)(F)c1ccc(Cl)c(COc2ccc(-c3cnc4c(-c5nnn[nH]5)cnn4c3C3CCCCC3)cc2)c1. The highest BCUT2D eigenvalue weighted by molar-refractivity contribution is 6.31. The lowest BCUT2D eigenvalue weighted by Crippen LogP contribution is -2.12. The van der Waals surface area contributed by atoms with Gasteiger partial charge in [-0.2, -0.15) is 18.3 Å². The predicted molar refractivity (Wildman–Crippen MR) is 138 cm³/mol. The van der Waals surface area contributed by atoms with E-state index in [0.29, 0.717) is 23.1 Å². The van der Waals surface area contributed by atoms with Crippen molar-refractivity contribution in [2.24, 2.45) is 0 Å². The predicted octanol–water partition coefficient (Wildman–Crippen LogP) is 6.88. The van der Waals surface area contributed by atoms with Crippen LogP contribution < -0.4 is 4.74 Å². The Balaban J connectivity index is 1.30. The molecule has 0 atom stereocenters. The van der Waals surface area contributed by atoms with Crippen molar-refractivity contribution in [1.29, 1.82) is 0 Å². The molecule has 1 aliphatic carbocycles. The Morgan fingerprint density at radius 3 is 2.51 bits per heavy atom. The second-order valence-electron chi connectivity index (χ2n) is 9.55. The standard InChI is InChI=1S/C27H23ClF3N7O/c28-23-11-8-19(27(29,30)31)12-18(23)15-39-20-9-6-16(7-10-20)21-13-32-26-22(25-34-36-37-35-25)14-33-38(26)24(21)17-4-2-1-3-5-17/h6-14,17H,1-5,15H2,(H,34,35,36,37). The van der Waals surface area contributed by atoms with Crippen molar-refractivity contribution in [2.45, 2.75) is 50.8 Å². The number of fused-ring (bicyclic) bond motifs is 1. The molecule has 0 amide bonds. The molecule has 6 rings (SSSR count). The van der Waals surface area contributed by atoms with E-state index in [9.17, 15) is 13.2 Å². The van der Waals surface area contributed by atoms with E-state index in [2.05, 4.69) is 25.7 Å². The average molecular weight is 554 g/mol. The molecule has 0 spiro atoms. The highest BCUT2D eigenvalue weighted by Crippen LogP contribution is 2.39. The van der Waals surface area contributed by atoms with Crippen molar-refractivity contribution in [1.82, 2.24) is 35.2 Å². The molecule has 2 aromatic carbocycles. The van der Waals surface area contributed by atoms with E-state index in [1.54, 1.807) is 18.3 Å². The molecule has 1 N–H and O–H groups in total. The Morgan fingerprint density at radius 1 is 1.00 bits per heavy atom. The minimum absolute atomic E-state index is 0.0878. The van der Waals surface area contributed by atoms with E-state index in [0.717, 1.165) is 60.2 Å². The quantitative estimate of drug-likeness (QED) is 0.246. The van der Waals surface area contributed by atoms with Crippen LogP contribution in [0.25, 0.3) is 28.2 Å². The molecule has 3 aromatic heterocycles. The second kappa shape index (κ2) is 10.3. The largest absolute Gasteiger partial charge is 0.489 e. The van der Waals surface area contributed by atoms with Crippen LogP contribution in [0.1, 0.15) is 54.8 Å². The van der Waals surface area contributed by atoms with Crippen molar-refractivity contribution < 1.29 is 17.9 Å². The third kappa shape index (κ3) is 5.06. The molecule has 0 unspecified atom stereocenters. The topological polar surface area (TPSA) is 93.9 Å². The molecule has 12 heteroatoms. The van der Waals surface area contributed by atoms with Gasteiger partial charge in [0.05, 0.1) is 23.0 Å². The summed E-state index contributed by atoms with van der Waals surface area (Å²) < 4.78 is 47.0. The van der Waals surface area contributed by atoms with Gasteiger partial charge in [0.15, 0.2) is 11.5 Å². The molecule has 0 aliphatic heterocycles. The Kier molecular flexibility index (Phi) is 6.68. The third-order valence-corrected chi connectivity index (χ3v) is 7.46. The Hall–Kier alpha value is -3.99. The monoisotopic (exact) mass is 553 g/mol. The summed E-state index contributed by atoms with van der Waals surface area (Å²) in [6, 6.07) is 10.6. The maximum Gasteiger partial charge on any atom is 0.416 e. The number of alkyl halides is 3.